The summed E-state index contributed by atoms with van der Waals surface area (Å²) in [5.74, 6) is 2.05. The third-order valence-corrected chi connectivity index (χ3v) is 5.71. The van der Waals surface area contributed by atoms with Gasteiger partial charge < -0.3 is 20.3 Å². The number of nitrogens with two attached hydrogens (primary N) is 1. The molecule has 27 heavy (non-hydrogen) atoms. The smallest absolute Gasteiger partial charge is 0.314 e. The number of rotatable bonds is 5. The fourth-order valence-electron chi connectivity index (χ4n) is 3.55. The van der Waals surface area contributed by atoms with Gasteiger partial charge in [0.05, 0.1) is 12.4 Å². The highest BCUT2D eigenvalue weighted by Gasteiger charge is 2.41. The van der Waals surface area contributed by atoms with Crippen LogP contribution in [0.1, 0.15) is 13.8 Å². The van der Waals surface area contributed by atoms with Crippen LogP contribution < -0.4 is 15.4 Å². The number of hydrogen-bond donors (Lipinski definition) is 1. The van der Waals surface area contributed by atoms with Crippen LogP contribution in [0, 0.1) is 11.8 Å². The number of aromatic nitrogens is 2. The zero-order valence-electron chi connectivity index (χ0n) is 15.4. The number of amides is 2. The molecule has 9 heteroatoms. The lowest BCUT2D eigenvalue weighted by Gasteiger charge is -2.20. The third-order valence-electron chi connectivity index (χ3n) is 5.04. The molecular formula is C18H23Cl2N5O2. The van der Waals surface area contributed by atoms with Crippen molar-refractivity contribution in [3.8, 4) is 5.75 Å². The number of primary amides is 1. The van der Waals surface area contributed by atoms with Crippen molar-refractivity contribution in [1.82, 2.24) is 14.9 Å². The minimum atomic E-state index is -0.340. The van der Waals surface area contributed by atoms with Gasteiger partial charge in [-0.15, -0.1) is 0 Å². The predicted molar refractivity (Wildman–Crippen MR) is 106 cm³/mol. The van der Waals surface area contributed by atoms with E-state index in [2.05, 4.69) is 14.9 Å². The Hall–Kier alpha value is -1.99. The Balaban J connectivity index is 1.57. The highest BCUT2D eigenvalue weighted by Crippen LogP contribution is 2.32. The molecule has 2 atom stereocenters. The van der Waals surface area contributed by atoms with Crippen LogP contribution in [0.3, 0.4) is 0 Å². The standard InChI is InChI=1S/C18H23Cl2N5O2/c1-3-16(20)15(11(2)19)10-27-14-4-22-18(23-5-14)25-8-12-6-24(17(21)26)7-13(12)9-25/h3-5,12-13H,6-10H2,1-2H3,(H2,21,26)/b15-11+,16-3+/t12-,13+. The number of nitrogens with zero attached hydrogens (tertiary/aromatic N) is 4. The van der Waals surface area contributed by atoms with E-state index >= 15 is 0 Å². The molecule has 2 aliphatic heterocycles. The fourth-order valence-corrected chi connectivity index (χ4v) is 3.95. The summed E-state index contributed by atoms with van der Waals surface area (Å²) in [5.41, 5.74) is 6.10. The number of carbonyl (C=O) groups is 1. The number of halogens is 2. The number of likely N-dealkylation sites (tertiary alicyclic amines) is 1. The summed E-state index contributed by atoms with van der Waals surface area (Å²) in [7, 11) is 0. The van der Waals surface area contributed by atoms with E-state index in [0.717, 1.165) is 18.7 Å². The molecule has 0 spiro atoms. The topological polar surface area (TPSA) is 84.6 Å². The molecule has 3 rings (SSSR count). The average Bonchev–Trinajstić information content (AvgIpc) is 3.21. The molecule has 0 radical (unpaired) electrons. The molecule has 2 aliphatic rings. The highest BCUT2D eigenvalue weighted by molar-refractivity contribution is 6.35. The minimum absolute atomic E-state index is 0.248. The maximum absolute atomic E-state index is 11.3. The number of urea groups is 1. The van der Waals surface area contributed by atoms with Crippen LogP contribution in [-0.2, 0) is 0 Å². The molecule has 2 amide bonds. The van der Waals surface area contributed by atoms with Gasteiger partial charge in [0.2, 0.25) is 5.95 Å². The van der Waals surface area contributed by atoms with Gasteiger partial charge in [-0.25, -0.2) is 14.8 Å². The summed E-state index contributed by atoms with van der Waals surface area (Å²) < 4.78 is 5.72. The van der Waals surface area contributed by atoms with Crippen molar-refractivity contribution in [2.75, 3.05) is 37.7 Å². The van der Waals surface area contributed by atoms with Gasteiger partial charge in [0.1, 0.15) is 6.61 Å². The van der Waals surface area contributed by atoms with Crippen LogP contribution in [0.25, 0.3) is 0 Å². The Bertz CT molecular complexity index is 748. The van der Waals surface area contributed by atoms with Crippen LogP contribution in [0.2, 0.25) is 0 Å². The Morgan fingerprint density at radius 1 is 1.26 bits per heavy atom. The fraction of sp³-hybridized carbons (Fsp3) is 0.500. The molecule has 2 fully saturated rings. The first-order valence-electron chi connectivity index (χ1n) is 8.80. The molecule has 1 aromatic rings. The Morgan fingerprint density at radius 2 is 1.85 bits per heavy atom. The molecule has 0 saturated carbocycles. The second-order valence-electron chi connectivity index (χ2n) is 6.82. The van der Waals surface area contributed by atoms with Gasteiger partial charge in [0, 0.05) is 53.7 Å². The maximum atomic E-state index is 11.3. The molecule has 3 heterocycles. The molecule has 2 saturated heterocycles. The SMILES string of the molecule is C/C=C(Cl)\C(COc1cnc(N2C[C@H]3CN(C(N)=O)C[C@H]3C2)nc1)=C(/C)Cl. The number of ether oxygens (including phenoxy) is 1. The maximum Gasteiger partial charge on any atom is 0.314 e. The quantitative estimate of drug-likeness (QED) is 0.752. The van der Waals surface area contributed by atoms with Gasteiger partial charge in [-0.1, -0.05) is 29.3 Å². The van der Waals surface area contributed by atoms with Crippen LogP contribution in [0.5, 0.6) is 5.75 Å². The lowest BCUT2D eigenvalue weighted by Crippen LogP contribution is -2.37. The van der Waals surface area contributed by atoms with Gasteiger partial charge in [-0.2, -0.15) is 0 Å². The first-order valence-corrected chi connectivity index (χ1v) is 9.56. The van der Waals surface area contributed by atoms with E-state index in [1.54, 1.807) is 30.3 Å². The monoisotopic (exact) mass is 411 g/mol. The molecule has 7 nitrogen and oxygen atoms in total. The van der Waals surface area contributed by atoms with Crippen molar-refractivity contribution in [1.29, 1.82) is 0 Å². The number of anilines is 1. The van der Waals surface area contributed by atoms with Gasteiger partial charge in [0.25, 0.3) is 0 Å². The number of hydrogen-bond acceptors (Lipinski definition) is 5. The Morgan fingerprint density at radius 3 is 2.33 bits per heavy atom. The van der Waals surface area contributed by atoms with Gasteiger partial charge in [0.15, 0.2) is 5.75 Å². The number of carbonyl (C=O) groups excluding carboxylic acids is 1. The van der Waals surface area contributed by atoms with E-state index in [9.17, 15) is 4.79 Å². The van der Waals surface area contributed by atoms with Gasteiger partial charge >= 0.3 is 6.03 Å². The molecule has 1 aromatic heterocycles. The van der Waals surface area contributed by atoms with Crippen LogP contribution in [0.15, 0.2) is 34.1 Å². The van der Waals surface area contributed by atoms with Gasteiger partial charge in [-0.3, -0.25) is 0 Å². The van der Waals surface area contributed by atoms with Crippen molar-refractivity contribution in [2.45, 2.75) is 13.8 Å². The minimum Gasteiger partial charge on any atom is -0.486 e. The van der Waals surface area contributed by atoms with E-state index in [0.29, 0.717) is 46.7 Å². The summed E-state index contributed by atoms with van der Waals surface area (Å²) in [6, 6.07) is -0.340. The van der Waals surface area contributed by atoms with Crippen molar-refractivity contribution >= 4 is 35.2 Å². The molecule has 0 aromatic carbocycles. The highest BCUT2D eigenvalue weighted by atomic mass is 35.5. The first kappa shape index (κ1) is 19.8. The molecular weight excluding hydrogens is 389 g/mol. The van der Waals surface area contributed by atoms with Crippen molar-refractivity contribution in [3.05, 3.63) is 34.1 Å². The second-order valence-corrected chi connectivity index (χ2v) is 7.80. The van der Waals surface area contributed by atoms with Crippen LogP contribution in [-0.4, -0.2) is 53.7 Å². The molecule has 0 aliphatic carbocycles. The predicted octanol–water partition coefficient (Wildman–Crippen LogP) is 2.96. The average molecular weight is 412 g/mol. The normalized spacial score (nSPS) is 23.3. The van der Waals surface area contributed by atoms with E-state index in [1.807, 2.05) is 6.92 Å². The first-order chi connectivity index (χ1) is 12.9. The largest absolute Gasteiger partial charge is 0.486 e. The zero-order chi connectivity index (χ0) is 19.6. The lowest BCUT2D eigenvalue weighted by molar-refractivity contribution is 0.215. The van der Waals surface area contributed by atoms with E-state index in [4.69, 9.17) is 33.7 Å². The van der Waals surface area contributed by atoms with E-state index < -0.39 is 0 Å². The lowest BCUT2D eigenvalue weighted by atomic mass is 10.0. The van der Waals surface area contributed by atoms with Crippen LogP contribution >= 0.6 is 23.2 Å². The molecule has 146 valence electrons. The van der Waals surface area contributed by atoms with E-state index in [-0.39, 0.29) is 12.6 Å². The number of fused-ring (bicyclic) bond motifs is 1. The van der Waals surface area contributed by atoms with Crippen LogP contribution in [0.4, 0.5) is 10.7 Å². The van der Waals surface area contributed by atoms with Crippen molar-refractivity contribution in [3.63, 3.8) is 0 Å². The van der Waals surface area contributed by atoms with Crippen molar-refractivity contribution in [2.24, 2.45) is 17.6 Å². The summed E-state index contributed by atoms with van der Waals surface area (Å²) in [5, 5.41) is 1.15. The second kappa shape index (κ2) is 8.35. The molecule has 0 bridgehead atoms. The Labute approximate surface area is 168 Å². The molecule has 2 N–H and O–H groups in total. The molecule has 0 unspecified atom stereocenters. The zero-order valence-corrected chi connectivity index (χ0v) is 16.9. The summed E-state index contributed by atoms with van der Waals surface area (Å²) in [6.07, 6.45) is 5.07. The van der Waals surface area contributed by atoms with Gasteiger partial charge in [-0.05, 0) is 13.8 Å². The number of allylic oxidation sites excluding steroid dienone is 2. The Kier molecular flexibility index (Phi) is 6.11. The van der Waals surface area contributed by atoms with Crippen molar-refractivity contribution < 1.29 is 9.53 Å². The third kappa shape index (κ3) is 4.47. The summed E-state index contributed by atoms with van der Waals surface area (Å²) in [4.78, 5) is 24.0. The summed E-state index contributed by atoms with van der Waals surface area (Å²) in [6.45, 7) is 6.92. The van der Waals surface area contributed by atoms with E-state index in [1.165, 1.54) is 0 Å². The summed E-state index contributed by atoms with van der Waals surface area (Å²) >= 11 is 12.2.